The third-order valence-electron chi connectivity index (χ3n) is 3.36. The van der Waals surface area contributed by atoms with Crippen molar-refractivity contribution < 1.29 is 4.79 Å². The molecule has 0 atom stereocenters. The number of amides is 1. The van der Waals surface area contributed by atoms with E-state index in [1.165, 1.54) is 36.7 Å². The molecule has 0 spiro atoms. The first-order valence-electron chi connectivity index (χ1n) is 6.32. The number of aromatic nitrogens is 1. The van der Waals surface area contributed by atoms with Crippen molar-refractivity contribution in [3.05, 3.63) is 22.2 Å². The molecule has 2 heterocycles. The highest BCUT2D eigenvalue weighted by Gasteiger charge is 2.18. The lowest BCUT2D eigenvalue weighted by Crippen LogP contribution is -2.07. The predicted octanol–water partition coefficient (Wildman–Crippen LogP) is 3.01. The molecule has 4 nitrogen and oxygen atoms in total. The zero-order chi connectivity index (χ0) is 13.4. The Labute approximate surface area is 115 Å². The number of aryl methyl sites for hydroxylation is 2. The fourth-order valence-corrected chi connectivity index (χ4v) is 3.45. The highest BCUT2D eigenvalue weighted by molar-refractivity contribution is 7.19. The second kappa shape index (κ2) is 4.63. The maximum absolute atomic E-state index is 11.3. The number of rotatable bonds is 1. The summed E-state index contributed by atoms with van der Waals surface area (Å²) in [6.07, 6.45) is 4.42. The molecule has 0 fully saturated rings. The van der Waals surface area contributed by atoms with Gasteiger partial charge in [0.15, 0.2) is 0 Å². The lowest BCUT2D eigenvalue weighted by atomic mass is 9.95. The van der Waals surface area contributed by atoms with Gasteiger partial charge in [0.1, 0.15) is 15.8 Å². The summed E-state index contributed by atoms with van der Waals surface area (Å²) in [6, 6.07) is 4.24. The number of pyridine rings is 1. The molecule has 0 saturated heterocycles. The van der Waals surface area contributed by atoms with Crippen molar-refractivity contribution in [3.63, 3.8) is 0 Å². The molecule has 0 unspecified atom stereocenters. The fraction of sp³-hybridized carbons (Fsp3) is 0.357. The van der Waals surface area contributed by atoms with Gasteiger partial charge in [-0.3, -0.25) is 4.79 Å². The monoisotopic (exact) mass is 271 g/mol. The van der Waals surface area contributed by atoms with E-state index in [2.05, 4.69) is 22.4 Å². The first-order valence-corrected chi connectivity index (χ1v) is 7.13. The molecule has 0 aliphatic heterocycles. The molecule has 0 bridgehead atoms. The van der Waals surface area contributed by atoms with Crippen LogP contribution in [-0.2, 0) is 17.6 Å². The van der Waals surface area contributed by atoms with Crippen LogP contribution in [-0.4, -0.2) is 10.9 Å². The van der Waals surface area contributed by atoms with E-state index in [0.29, 0.717) is 10.6 Å². The minimum absolute atomic E-state index is 0.158. The summed E-state index contributed by atoms with van der Waals surface area (Å²) in [5.41, 5.74) is 3.03. The van der Waals surface area contributed by atoms with Crippen LogP contribution in [0.15, 0.2) is 6.07 Å². The number of nitrogens with one attached hydrogen (secondary N) is 1. The number of carbonyl (C=O) groups excluding carboxylic acids is 1. The Morgan fingerprint density at radius 3 is 3.00 bits per heavy atom. The highest BCUT2D eigenvalue weighted by atomic mass is 32.1. The molecule has 1 aliphatic carbocycles. The molecule has 1 aliphatic rings. The first-order chi connectivity index (χ1) is 9.19. The average molecular weight is 271 g/mol. The zero-order valence-electron chi connectivity index (χ0n) is 10.6. The number of nitriles is 1. The van der Waals surface area contributed by atoms with Gasteiger partial charge < -0.3 is 5.32 Å². The van der Waals surface area contributed by atoms with Crippen LogP contribution in [0.3, 0.4) is 0 Å². The number of thiophene rings is 1. The van der Waals surface area contributed by atoms with E-state index >= 15 is 0 Å². The van der Waals surface area contributed by atoms with Crippen molar-refractivity contribution in [3.8, 4) is 6.07 Å². The zero-order valence-corrected chi connectivity index (χ0v) is 11.4. The van der Waals surface area contributed by atoms with E-state index < -0.39 is 0 Å². The Hall–Kier alpha value is -1.93. The van der Waals surface area contributed by atoms with Gasteiger partial charge in [-0.2, -0.15) is 5.26 Å². The maximum atomic E-state index is 11.3. The van der Waals surface area contributed by atoms with Crippen LogP contribution < -0.4 is 5.32 Å². The molecule has 0 aromatic carbocycles. The molecular formula is C14H13N3OS. The quantitative estimate of drug-likeness (QED) is 0.867. The molecular weight excluding hydrogens is 258 g/mol. The number of hydrogen-bond donors (Lipinski definition) is 1. The molecule has 1 amide bonds. The SMILES string of the molecule is CC(=O)Nc1c(C#N)sc2nc3c(cc12)CCCC3. The van der Waals surface area contributed by atoms with Gasteiger partial charge in [-0.15, -0.1) is 11.3 Å². The minimum Gasteiger partial charge on any atom is -0.324 e. The van der Waals surface area contributed by atoms with Gasteiger partial charge in [0.2, 0.25) is 5.91 Å². The summed E-state index contributed by atoms with van der Waals surface area (Å²) < 4.78 is 0. The lowest BCUT2D eigenvalue weighted by molar-refractivity contribution is -0.114. The molecule has 1 N–H and O–H groups in total. The molecule has 2 aromatic heterocycles. The van der Waals surface area contributed by atoms with Crippen LogP contribution in [0.25, 0.3) is 10.2 Å². The predicted molar refractivity (Wildman–Crippen MR) is 75.3 cm³/mol. The van der Waals surface area contributed by atoms with Crippen molar-refractivity contribution in [2.45, 2.75) is 32.6 Å². The van der Waals surface area contributed by atoms with Crippen molar-refractivity contribution in [2.75, 3.05) is 5.32 Å². The Morgan fingerprint density at radius 1 is 1.47 bits per heavy atom. The molecule has 19 heavy (non-hydrogen) atoms. The second-order valence-corrected chi connectivity index (χ2v) is 5.75. The lowest BCUT2D eigenvalue weighted by Gasteiger charge is -2.14. The summed E-state index contributed by atoms with van der Waals surface area (Å²) in [4.78, 5) is 17.3. The standard InChI is InChI=1S/C14H13N3OS/c1-8(18)16-13-10-6-9-4-2-3-5-11(9)17-14(10)19-12(13)7-15/h6H,2-5H2,1H3,(H,16,18). The average Bonchev–Trinajstić information content (AvgIpc) is 2.73. The van der Waals surface area contributed by atoms with E-state index in [9.17, 15) is 10.1 Å². The largest absolute Gasteiger partial charge is 0.324 e. The number of nitrogens with zero attached hydrogens (tertiary/aromatic N) is 2. The van der Waals surface area contributed by atoms with Crippen LogP contribution >= 0.6 is 11.3 Å². The number of hydrogen-bond acceptors (Lipinski definition) is 4. The summed E-state index contributed by atoms with van der Waals surface area (Å²) in [5.74, 6) is -0.158. The van der Waals surface area contributed by atoms with Crippen molar-refractivity contribution in [1.82, 2.24) is 4.98 Å². The smallest absolute Gasteiger partial charge is 0.221 e. The summed E-state index contributed by atoms with van der Waals surface area (Å²) in [6.45, 7) is 1.45. The molecule has 96 valence electrons. The van der Waals surface area contributed by atoms with E-state index in [1.807, 2.05) is 0 Å². The maximum Gasteiger partial charge on any atom is 0.221 e. The Balaban J connectivity index is 2.23. The summed E-state index contributed by atoms with van der Waals surface area (Å²) in [5, 5.41) is 12.8. The third-order valence-corrected chi connectivity index (χ3v) is 4.37. The van der Waals surface area contributed by atoms with Crippen LogP contribution in [0.5, 0.6) is 0 Å². The van der Waals surface area contributed by atoms with Gasteiger partial charge in [-0.1, -0.05) is 0 Å². The van der Waals surface area contributed by atoms with Gasteiger partial charge in [-0.05, 0) is 37.3 Å². The van der Waals surface area contributed by atoms with Gasteiger partial charge in [-0.25, -0.2) is 4.98 Å². The van der Waals surface area contributed by atoms with Crippen LogP contribution in [0.1, 0.15) is 35.9 Å². The summed E-state index contributed by atoms with van der Waals surface area (Å²) >= 11 is 1.35. The Morgan fingerprint density at radius 2 is 2.26 bits per heavy atom. The molecule has 5 heteroatoms. The normalized spacial score (nSPS) is 13.9. The van der Waals surface area contributed by atoms with Gasteiger partial charge >= 0.3 is 0 Å². The van der Waals surface area contributed by atoms with Crippen molar-refractivity contribution >= 4 is 33.1 Å². The van der Waals surface area contributed by atoms with Crippen LogP contribution in [0.4, 0.5) is 5.69 Å². The highest BCUT2D eigenvalue weighted by Crippen LogP contribution is 2.36. The molecule has 0 saturated carbocycles. The first kappa shape index (κ1) is 12.1. The van der Waals surface area contributed by atoms with Gasteiger partial charge in [0, 0.05) is 18.0 Å². The van der Waals surface area contributed by atoms with Crippen molar-refractivity contribution in [1.29, 1.82) is 5.26 Å². The minimum atomic E-state index is -0.158. The fourth-order valence-electron chi connectivity index (χ4n) is 2.52. The van der Waals surface area contributed by atoms with E-state index in [0.717, 1.165) is 28.8 Å². The topological polar surface area (TPSA) is 65.8 Å². The molecule has 3 rings (SSSR count). The number of carbonyl (C=O) groups is 1. The molecule has 2 aromatic rings. The summed E-state index contributed by atoms with van der Waals surface area (Å²) in [7, 11) is 0. The van der Waals surface area contributed by atoms with Gasteiger partial charge in [0.05, 0.1) is 5.69 Å². The van der Waals surface area contributed by atoms with Gasteiger partial charge in [0.25, 0.3) is 0 Å². The second-order valence-electron chi connectivity index (χ2n) is 4.75. The molecule has 0 radical (unpaired) electrons. The van der Waals surface area contributed by atoms with Crippen LogP contribution in [0, 0.1) is 11.3 Å². The Kier molecular flexibility index (Phi) is 2.96. The number of anilines is 1. The van der Waals surface area contributed by atoms with E-state index in [1.54, 1.807) is 0 Å². The van der Waals surface area contributed by atoms with Crippen LogP contribution in [0.2, 0.25) is 0 Å². The van der Waals surface area contributed by atoms with Crippen molar-refractivity contribution in [2.24, 2.45) is 0 Å². The Bertz CT molecular complexity index is 712. The van der Waals surface area contributed by atoms with E-state index in [4.69, 9.17) is 0 Å². The van der Waals surface area contributed by atoms with E-state index in [-0.39, 0.29) is 5.91 Å². The number of fused-ring (bicyclic) bond motifs is 2. The third kappa shape index (κ3) is 2.08.